The van der Waals surface area contributed by atoms with Crippen molar-refractivity contribution in [3.63, 3.8) is 0 Å². The van der Waals surface area contributed by atoms with Crippen LogP contribution in [0.4, 0.5) is 0 Å². The number of likely N-dealkylation sites (tertiary alicyclic amines) is 1. The molecule has 0 bridgehead atoms. The SMILES string of the molecule is Cc1ccc(COc2ccc(CNC3CCN(C(=O)C(C)C)CC3)cc2)cc1. The highest BCUT2D eigenvalue weighted by molar-refractivity contribution is 5.78. The average Bonchev–Trinajstić information content (AvgIpc) is 2.72. The van der Waals surface area contributed by atoms with E-state index in [1.54, 1.807) is 0 Å². The highest BCUT2D eigenvalue weighted by atomic mass is 16.5. The predicted octanol–water partition coefficient (Wildman–Crippen LogP) is 4.31. The van der Waals surface area contributed by atoms with E-state index >= 15 is 0 Å². The Kier molecular flexibility index (Phi) is 7.10. The zero-order valence-electron chi connectivity index (χ0n) is 17.3. The lowest BCUT2D eigenvalue weighted by molar-refractivity contribution is -0.135. The first-order valence-corrected chi connectivity index (χ1v) is 10.3. The van der Waals surface area contributed by atoms with Crippen molar-refractivity contribution >= 4 is 5.91 Å². The highest BCUT2D eigenvalue weighted by Crippen LogP contribution is 2.17. The van der Waals surface area contributed by atoms with Gasteiger partial charge in [-0.05, 0) is 43.0 Å². The molecule has 1 saturated heterocycles. The van der Waals surface area contributed by atoms with Crippen LogP contribution in [0.15, 0.2) is 48.5 Å². The normalized spacial score (nSPS) is 15.1. The van der Waals surface area contributed by atoms with Crippen molar-refractivity contribution < 1.29 is 9.53 Å². The molecule has 0 atom stereocenters. The number of benzene rings is 2. The zero-order chi connectivity index (χ0) is 19.9. The van der Waals surface area contributed by atoms with Gasteiger partial charge < -0.3 is 15.0 Å². The van der Waals surface area contributed by atoms with E-state index in [1.807, 2.05) is 30.9 Å². The predicted molar refractivity (Wildman–Crippen MR) is 113 cm³/mol. The summed E-state index contributed by atoms with van der Waals surface area (Å²) in [6.45, 7) is 9.20. The third kappa shape index (κ3) is 5.83. The Balaban J connectivity index is 1.40. The van der Waals surface area contributed by atoms with Crippen LogP contribution in [-0.2, 0) is 17.9 Å². The molecule has 1 N–H and O–H groups in total. The summed E-state index contributed by atoms with van der Waals surface area (Å²) in [5, 5.41) is 3.63. The Labute approximate surface area is 168 Å². The van der Waals surface area contributed by atoms with Crippen LogP contribution >= 0.6 is 0 Å². The number of nitrogens with one attached hydrogen (secondary N) is 1. The van der Waals surface area contributed by atoms with E-state index in [-0.39, 0.29) is 11.8 Å². The minimum Gasteiger partial charge on any atom is -0.489 e. The number of hydrogen-bond donors (Lipinski definition) is 1. The van der Waals surface area contributed by atoms with Gasteiger partial charge in [-0.25, -0.2) is 0 Å². The van der Waals surface area contributed by atoms with Crippen LogP contribution in [0.5, 0.6) is 5.75 Å². The van der Waals surface area contributed by atoms with Crippen molar-refractivity contribution in [2.45, 2.75) is 52.8 Å². The summed E-state index contributed by atoms with van der Waals surface area (Å²) in [5.41, 5.74) is 3.69. The van der Waals surface area contributed by atoms with Crippen molar-refractivity contribution in [2.75, 3.05) is 13.1 Å². The van der Waals surface area contributed by atoms with Crippen LogP contribution in [-0.4, -0.2) is 29.9 Å². The molecule has 1 aliphatic rings. The molecule has 150 valence electrons. The Morgan fingerprint density at radius 1 is 1.04 bits per heavy atom. The molecule has 0 unspecified atom stereocenters. The lowest BCUT2D eigenvalue weighted by Crippen LogP contribution is -2.45. The van der Waals surface area contributed by atoms with E-state index in [4.69, 9.17) is 4.74 Å². The second-order valence-corrected chi connectivity index (χ2v) is 8.05. The number of carbonyl (C=O) groups excluding carboxylic acids is 1. The van der Waals surface area contributed by atoms with Crippen LogP contribution in [0.1, 0.15) is 43.4 Å². The third-order valence-corrected chi connectivity index (χ3v) is 5.34. The molecule has 2 aromatic rings. The summed E-state index contributed by atoms with van der Waals surface area (Å²) >= 11 is 0. The number of amides is 1. The Morgan fingerprint density at radius 3 is 2.25 bits per heavy atom. The smallest absolute Gasteiger partial charge is 0.225 e. The van der Waals surface area contributed by atoms with Gasteiger partial charge in [-0.2, -0.15) is 0 Å². The van der Waals surface area contributed by atoms with E-state index in [0.717, 1.165) is 38.2 Å². The van der Waals surface area contributed by atoms with Gasteiger partial charge in [-0.1, -0.05) is 55.8 Å². The highest BCUT2D eigenvalue weighted by Gasteiger charge is 2.23. The lowest BCUT2D eigenvalue weighted by Gasteiger charge is -2.33. The van der Waals surface area contributed by atoms with Gasteiger partial charge in [-0.15, -0.1) is 0 Å². The number of carbonyl (C=O) groups is 1. The van der Waals surface area contributed by atoms with Crippen LogP contribution in [0.3, 0.4) is 0 Å². The summed E-state index contributed by atoms with van der Waals surface area (Å²) in [6, 6.07) is 17.2. The molecule has 3 rings (SSSR count). The first-order valence-electron chi connectivity index (χ1n) is 10.3. The monoisotopic (exact) mass is 380 g/mol. The maximum Gasteiger partial charge on any atom is 0.225 e. The van der Waals surface area contributed by atoms with Gasteiger partial charge in [0.05, 0.1) is 0 Å². The van der Waals surface area contributed by atoms with Crippen molar-refractivity contribution in [1.82, 2.24) is 10.2 Å². The maximum absolute atomic E-state index is 12.1. The molecule has 0 radical (unpaired) electrons. The van der Waals surface area contributed by atoms with Gasteiger partial charge in [0.15, 0.2) is 0 Å². The first-order chi connectivity index (χ1) is 13.5. The minimum atomic E-state index is 0.0938. The molecular weight excluding hydrogens is 348 g/mol. The van der Waals surface area contributed by atoms with Gasteiger partial charge in [0, 0.05) is 31.6 Å². The topological polar surface area (TPSA) is 41.6 Å². The Bertz CT molecular complexity index is 745. The molecule has 1 heterocycles. The Hall–Kier alpha value is -2.33. The van der Waals surface area contributed by atoms with Crippen molar-refractivity contribution in [1.29, 1.82) is 0 Å². The summed E-state index contributed by atoms with van der Waals surface area (Å²) < 4.78 is 5.88. The van der Waals surface area contributed by atoms with Gasteiger partial charge in [0.2, 0.25) is 5.91 Å². The van der Waals surface area contributed by atoms with Crippen LogP contribution in [0, 0.1) is 12.8 Å². The number of hydrogen-bond acceptors (Lipinski definition) is 3. The van der Waals surface area contributed by atoms with Gasteiger partial charge in [-0.3, -0.25) is 4.79 Å². The lowest BCUT2D eigenvalue weighted by atomic mass is 10.0. The second-order valence-electron chi connectivity index (χ2n) is 8.05. The number of rotatable bonds is 7. The average molecular weight is 381 g/mol. The zero-order valence-corrected chi connectivity index (χ0v) is 17.3. The molecule has 2 aromatic carbocycles. The third-order valence-electron chi connectivity index (χ3n) is 5.34. The number of ether oxygens (including phenoxy) is 1. The number of piperidine rings is 1. The molecular formula is C24H32N2O2. The molecule has 0 aromatic heterocycles. The maximum atomic E-state index is 12.1. The van der Waals surface area contributed by atoms with Crippen LogP contribution in [0.2, 0.25) is 0 Å². The number of nitrogens with zero attached hydrogens (tertiary/aromatic N) is 1. The molecule has 28 heavy (non-hydrogen) atoms. The van der Waals surface area contributed by atoms with Crippen LogP contribution in [0.25, 0.3) is 0 Å². The van der Waals surface area contributed by atoms with E-state index in [9.17, 15) is 4.79 Å². The van der Waals surface area contributed by atoms with E-state index in [0.29, 0.717) is 12.6 Å². The number of aryl methyl sites for hydroxylation is 1. The van der Waals surface area contributed by atoms with Gasteiger partial charge in [0.1, 0.15) is 12.4 Å². The molecule has 4 heteroatoms. The van der Waals surface area contributed by atoms with Crippen molar-refractivity contribution in [2.24, 2.45) is 5.92 Å². The first kappa shape index (κ1) is 20.4. The summed E-state index contributed by atoms with van der Waals surface area (Å²) in [7, 11) is 0. The molecule has 0 spiro atoms. The van der Waals surface area contributed by atoms with E-state index in [2.05, 4.69) is 48.6 Å². The quantitative estimate of drug-likeness (QED) is 0.778. The van der Waals surface area contributed by atoms with Crippen LogP contribution < -0.4 is 10.1 Å². The standard InChI is InChI=1S/C24H32N2O2/c1-18(2)24(27)26-14-12-22(13-15-26)25-16-20-8-10-23(11-9-20)28-17-21-6-4-19(3)5-7-21/h4-11,18,22,25H,12-17H2,1-3H3. The molecule has 1 aliphatic heterocycles. The largest absolute Gasteiger partial charge is 0.489 e. The fourth-order valence-corrected chi connectivity index (χ4v) is 3.49. The van der Waals surface area contributed by atoms with Gasteiger partial charge >= 0.3 is 0 Å². The van der Waals surface area contributed by atoms with Crippen molar-refractivity contribution in [3.8, 4) is 5.75 Å². The Morgan fingerprint density at radius 2 is 1.64 bits per heavy atom. The van der Waals surface area contributed by atoms with Crippen molar-refractivity contribution in [3.05, 3.63) is 65.2 Å². The molecule has 1 amide bonds. The van der Waals surface area contributed by atoms with E-state index in [1.165, 1.54) is 16.7 Å². The molecule has 1 fully saturated rings. The van der Waals surface area contributed by atoms with Gasteiger partial charge in [0.25, 0.3) is 0 Å². The summed E-state index contributed by atoms with van der Waals surface area (Å²) in [4.78, 5) is 14.1. The minimum absolute atomic E-state index is 0.0938. The summed E-state index contributed by atoms with van der Waals surface area (Å²) in [5.74, 6) is 1.26. The fourth-order valence-electron chi connectivity index (χ4n) is 3.49. The second kappa shape index (κ2) is 9.74. The fraction of sp³-hybridized carbons (Fsp3) is 0.458. The van der Waals surface area contributed by atoms with E-state index < -0.39 is 0 Å². The molecule has 0 aliphatic carbocycles. The molecule has 0 saturated carbocycles. The summed E-state index contributed by atoms with van der Waals surface area (Å²) in [6.07, 6.45) is 2.05. The molecule has 4 nitrogen and oxygen atoms in total.